The lowest BCUT2D eigenvalue weighted by Crippen LogP contribution is -2.25. The highest BCUT2D eigenvalue weighted by molar-refractivity contribution is 7.10. The van der Waals surface area contributed by atoms with Crippen LogP contribution in [0.1, 0.15) is 21.3 Å². The Morgan fingerprint density at radius 1 is 0.962 bits per heavy atom. The number of hydrogen-bond acceptors (Lipinski definition) is 5. The zero-order chi connectivity index (χ0) is 18.4. The van der Waals surface area contributed by atoms with Crippen LogP contribution in [0.4, 0.5) is 5.69 Å². The van der Waals surface area contributed by atoms with Gasteiger partial charge in [0.05, 0.1) is 17.6 Å². The smallest absolute Gasteiger partial charge is 0.339 e. The predicted octanol–water partition coefficient (Wildman–Crippen LogP) is 4.29. The Balaban J connectivity index is 1.77. The molecule has 0 saturated heterocycles. The molecule has 6 heteroatoms. The van der Waals surface area contributed by atoms with E-state index in [1.165, 1.54) is 11.3 Å². The Morgan fingerprint density at radius 3 is 2.31 bits per heavy atom. The first-order chi connectivity index (χ1) is 12.7. The van der Waals surface area contributed by atoms with Crippen molar-refractivity contribution in [3.8, 4) is 5.75 Å². The molecule has 0 bridgehead atoms. The van der Waals surface area contributed by atoms with E-state index in [2.05, 4.69) is 5.32 Å². The minimum atomic E-state index is -1.02. The molecule has 5 nitrogen and oxygen atoms in total. The highest BCUT2D eigenvalue weighted by Gasteiger charge is 2.26. The number of hydrogen-bond donors (Lipinski definition) is 1. The molecular weight excluding hydrogens is 350 g/mol. The number of carbonyl (C=O) groups excluding carboxylic acids is 2. The van der Waals surface area contributed by atoms with Gasteiger partial charge in [0.1, 0.15) is 5.75 Å². The summed E-state index contributed by atoms with van der Waals surface area (Å²) in [6.07, 6.45) is -1.02. The van der Waals surface area contributed by atoms with E-state index in [4.69, 9.17) is 9.47 Å². The molecule has 0 aliphatic rings. The second-order valence-electron chi connectivity index (χ2n) is 5.38. The number of ether oxygens (including phenoxy) is 2. The maximum absolute atomic E-state index is 12.7. The van der Waals surface area contributed by atoms with Gasteiger partial charge in [-0.25, -0.2) is 4.79 Å². The van der Waals surface area contributed by atoms with Gasteiger partial charge in [0.15, 0.2) is 0 Å². The fraction of sp³-hybridized carbons (Fsp3) is 0.100. The third-order valence-corrected chi connectivity index (χ3v) is 4.55. The molecule has 3 rings (SSSR count). The molecule has 0 saturated carbocycles. The number of thiophene rings is 1. The molecule has 1 heterocycles. The molecule has 1 aromatic heterocycles. The van der Waals surface area contributed by atoms with Crippen molar-refractivity contribution in [3.05, 3.63) is 82.6 Å². The number of nitrogens with one attached hydrogen (secondary N) is 1. The molecule has 1 atom stereocenters. The van der Waals surface area contributed by atoms with Crippen molar-refractivity contribution in [2.45, 2.75) is 6.10 Å². The van der Waals surface area contributed by atoms with Crippen molar-refractivity contribution < 1.29 is 19.1 Å². The number of anilines is 1. The molecular formula is C20H17NO4S. The fourth-order valence-corrected chi connectivity index (χ4v) is 3.06. The number of amides is 1. The molecule has 1 amide bonds. The zero-order valence-corrected chi connectivity index (χ0v) is 14.9. The van der Waals surface area contributed by atoms with Crippen molar-refractivity contribution in [1.29, 1.82) is 0 Å². The van der Waals surface area contributed by atoms with E-state index in [1.54, 1.807) is 61.7 Å². The first-order valence-electron chi connectivity index (χ1n) is 7.92. The van der Waals surface area contributed by atoms with Crippen LogP contribution in [0.5, 0.6) is 5.75 Å². The summed E-state index contributed by atoms with van der Waals surface area (Å²) in [5.74, 6) is -0.274. The van der Waals surface area contributed by atoms with E-state index >= 15 is 0 Å². The van der Waals surface area contributed by atoms with E-state index in [0.29, 0.717) is 21.9 Å². The lowest BCUT2D eigenvalue weighted by Gasteiger charge is -2.17. The Bertz CT molecular complexity index is 861. The van der Waals surface area contributed by atoms with Gasteiger partial charge in [0.2, 0.25) is 6.10 Å². The standard InChI is InChI=1S/C20H17NO4S/c1-24-16-11-9-15(10-12-16)21-19(22)18(17-8-5-13-26-17)25-20(23)14-6-3-2-4-7-14/h2-13,18H,1H3,(H,21,22). The maximum atomic E-state index is 12.7. The summed E-state index contributed by atoms with van der Waals surface area (Å²) in [7, 11) is 1.57. The van der Waals surface area contributed by atoms with Crippen molar-refractivity contribution in [1.82, 2.24) is 0 Å². The molecule has 132 valence electrons. The summed E-state index contributed by atoms with van der Waals surface area (Å²) < 4.78 is 10.6. The maximum Gasteiger partial charge on any atom is 0.339 e. The Hall–Kier alpha value is -3.12. The molecule has 1 N–H and O–H groups in total. The number of methoxy groups -OCH3 is 1. The highest BCUT2D eigenvalue weighted by Crippen LogP contribution is 2.26. The summed E-state index contributed by atoms with van der Waals surface area (Å²) in [4.78, 5) is 25.7. The van der Waals surface area contributed by atoms with Crippen LogP contribution in [0, 0.1) is 0 Å². The largest absolute Gasteiger partial charge is 0.497 e. The minimum Gasteiger partial charge on any atom is -0.497 e. The van der Waals surface area contributed by atoms with Gasteiger partial charge in [0, 0.05) is 5.69 Å². The van der Waals surface area contributed by atoms with Crippen molar-refractivity contribution >= 4 is 28.9 Å². The van der Waals surface area contributed by atoms with Crippen LogP contribution in [-0.4, -0.2) is 19.0 Å². The molecule has 0 radical (unpaired) electrons. The summed E-state index contributed by atoms with van der Waals surface area (Å²) in [6.45, 7) is 0. The van der Waals surface area contributed by atoms with Gasteiger partial charge in [-0.05, 0) is 47.8 Å². The van der Waals surface area contributed by atoms with Crippen LogP contribution in [-0.2, 0) is 9.53 Å². The molecule has 0 spiro atoms. The van der Waals surface area contributed by atoms with Crippen LogP contribution in [0.15, 0.2) is 72.1 Å². The van der Waals surface area contributed by atoms with E-state index < -0.39 is 18.0 Å². The normalized spacial score (nSPS) is 11.4. The lowest BCUT2D eigenvalue weighted by atomic mass is 10.2. The molecule has 2 aromatic carbocycles. The Kier molecular flexibility index (Phi) is 5.66. The van der Waals surface area contributed by atoms with Gasteiger partial charge < -0.3 is 14.8 Å². The average molecular weight is 367 g/mol. The van der Waals surface area contributed by atoms with Crippen LogP contribution in [0.25, 0.3) is 0 Å². The molecule has 3 aromatic rings. The second kappa shape index (κ2) is 8.31. The molecule has 0 aliphatic heterocycles. The van der Waals surface area contributed by atoms with Gasteiger partial charge in [0.25, 0.3) is 5.91 Å². The molecule has 0 aliphatic carbocycles. The third-order valence-electron chi connectivity index (χ3n) is 3.63. The fourth-order valence-electron chi connectivity index (χ4n) is 2.31. The first kappa shape index (κ1) is 17.7. The number of rotatable bonds is 6. The Morgan fingerprint density at radius 2 is 1.69 bits per heavy atom. The van der Waals surface area contributed by atoms with Gasteiger partial charge >= 0.3 is 5.97 Å². The van der Waals surface area contributed by atoms with Gasteiger partial charge in [-0.3, -0.25) is 4.79 Å². The first-order valence-corrected chi connectivity index (χ1v) is 8.79. The van der Waals surface area contributed by atoms with Crippen LogP contribution in [0.2, 0.25) is 0 Å². The number of esters is 1. The monoisotopic (exact) mass is 367 g/mol. The lowest BCUT2D eigenvalue weighted by molar-refractivity contribution is -0.124. The summed E-state index contributed by atoms with van der Waals surface area (Å²) in [5, 5.41) is 4.61. The highest BCUT2D eigenvalue weighted by atomic mass is 32.1. The Labute approximate surface area is 155 Å². The van der Waals surface area contributed by atoms with Crippen LogP contribution >= 0.6 is 11.3 Å². The molecule has 1 unspecified atom stereocenters. The zero-order valence-electron chi connectivity index (χ0n) is 14.0. The summed E-state index contributed by atoms with van der Waals surface area (Å²) in [5.41, 5.74) is 0.986. The minimum absolute atomic E-state index is 0.395. The second-order valence-corrected chi connectivity index (χ2v) is 6.36. The third kappa shape index (κ3) is 4.29. The van der Waals surface area contributed by atoms with E-state index in [0.717, 1.165) is 0 Å². The van der Waals surface area contributed by atoms with E-state index in [-0.39, 0.29) is 0 Å². The number of benzene rings is 2. The number of carbonyl (C=O) groups is 2. The van der Waals surface area contributed by atoms with Crippen LogP contribution in [0.3, 0.4) is 0 Å². The quantitative estimate of drug-likeness (QED) is 0.660. The van der Waals surface area contributed by atoms with Crippen molar-refractivity contribution in [2.75, 3.05) is 12.4 Å². The van der Waals surface area contributed by atoms with Gasteiger partial charge in [-0.2, -0.15) is 0 Å². The van der Waals surface area contributed by atoms with Crippen LogP contribution < -0.4 is 10.1 Å². The summed E-state index contributed by atoms with van der Waals surface area (Å²) >= 11 is 1.36. The topological polar surface area (TPSA) is 64.6 Å². The summed E-state index contributed by atoms with van der Waals surface area (Å²) in [6, 6.07) is 19.1. The van der Waals surface area contributed by atoms with E-state index in [1.807, 2.05) is 17.5 Å². The SMILES string of the molecule is COc1ccc(NC(=O)C(OC(=O)c2ccccc2)c2cccs2)cc1. The van der Waals surface area contributed by atoms with Crippen molar-refractivity contribution in [3.63, 3.8) is 0 Å². The molecule has 26 heavy (non-hydrogen) atoms. The van der Waals surface area contributed by atoms with E-state index in [9.17, 15) is 9.59 Å². The molecule has 0 fully saturated rings. The average Bonchev–Trinajstić information content (AvgIpc) is 3.21. The van der Waals surface area contributed by atoms with Crippen molar-refractivity contribution in [2.24, 2.45) is 0 Å². The van der Waals surface area contributed by atoms with Gasteiger partial charge in [-0.1, -0.05) is 24.3 Å². The van der Waals surface area contributed by atoms with Gasteiger partial charge in [-0.15, -0.1) is 11.3 Å². The predicted molar refractivity (Wildman–Crippen MR) is 101 cm³/mol.